The van der Waals surface area contributed by atoms with Gasteiger partial charge in [0.15, 0.2) is 17.5 Å². The number of amides is 2. The van der Waals surface area contributed by atoms with Gasteiger partial charge < -0.3 is 14.7 Å². The highest BCUT2D eigenvalue weighted by molar-refractivity contribution is 5.89. The summed E-state index contributed by atoms with van der Waals surface area (Å²) < 4.78 is 44.1. The van der Waals surface area contributed by atoms with Gasteiger partial charge in [0.05, 0.1) is 12.2 Å². The van der Waals surface area contributed by atoms with Crippen molar-refractivity contribution in [1.82, 2.24) is 10.1 Å². The predicted octanol–water partition coefficient (Wildman–Crippen LogP) is 3.06. The van der Waals surface area contributed by atoms with E-state index >= 15 is 0 Å². The molecule has 1 aromatic heterocycles. The second-order valence-electron chi connectivity index (χ2n) is 4.44. The number of anilines is 1. The third-order valence-electron chi connectivity index (χ3n) is 2.70. The number of nitrogens with one attached hydrogen (secondary N) is 1. The first-order chi connectivity index (χ1) is 9.88. The molecule has 1 N–H and O–H groups in total. The summed E-state index contributed by atoms with van der Waals surface area (Å²) in [6, 6.07) is 2.62. The van der Waals surface area contributed by atoms with Gasteiger partial charge in [-0.1, -0.05) is 5.16 Å². The van der Waals surface area contributed by atoms with E-state index in [9.17, 15) is 18.0 Å². The lowest BCUT2D eigenvalue weighted by molar-refractivity contribution is 0.219. The van der Waals surface area contributed by atoms with Crippen molar-refractivity contribution in [2.75, 3.05) is 12.4 Å². The fourth-order valence-corrected chi connectivity index (χ4v) is 1.64. The Morgan fingerprint density at radius 3 is 2.67 bits per heavy atom. The van der Waals surface area contributed by atoms with Gasteiger partial charge in [0, 0.05) is 13.1 Å². The summed E-state index contributed by atoms with van der Waals surface area (Å²) in [6.45, 7) is 1.82. The minimum Gasteiger partial charge on any atom is -0.361 e. The van der Waals surface area contributed by atoms with Crippen LogP contribution in [0, 0.1) is 24.4 Å². The van der Waals surface area contributed by atoms with E-state index < -0.39 is 29.2 Å². The van der Waals surface area contributed by atoms with Crippen LogP contribution in [0.25, 0.3) is 0 Å². The van der Waals surface area contributed by atoms with E-state index in [2.05, 4.69) is 10.5 Å². The van der Waals surface area contributed by atoms with Crippen LogP contribution in [0.1, 0.15) is 11.5 Å². The maximum absolute atomic E-state index is 13.4. The Morgan fingerprint density at radius 2 is 2.05 bits per heavy atom. The highest BCUT2D eigenvalue weighted by Crippen LogP contribution is 2.20. The van der Waals surface area contributed by atoms with Crippen LogP contribution < -0.4 is 5.32 Å². The van der Waals surface area contributed by atoms with E-state index in [1.165, 1.54) is 11.9 Å². The smallest absolute Gasteiger partial charge is 0.322 e. The fraction of sp³-hybridized carbons (Fsp3) is 0.231. The third-order valence-corrected chi connectivity index (χ3v) is 2.70. The number of carbonyl (C=O) groups excluding carboxylic acids is 1. The van der Waals surface area contributed by atoms with Gasteiger partial charge in [-0.3, -0.25) is 0 Å². The summed E-state index contributed by atoms with van der Waals surface area (Å²) in [5, 5.41) is 5.86. The molecule has 8 heteroatoms. The number of carbonyl (C=O) groups is 1. The molecule has 0 spiro atoms. The van der Waals surface area contributed by atoms with Crippen molar-refractivity contribution >= 4 is 11.7 Å². The number of urea groups is 1. The Balaban J connectivity index is 2.05. The third kappa shape index (κ3) is 3.33. The maximum Gasteiger partial charge on any atom is 0.322 e. The first kappa shape index (κ1) is 14.9. The molecule has 0 bridgehead atoms. The summed E-state index contributed by atoms with van der Waals surface area (Å²) in [7, 11) is 1.44. The molecule has 0 aliphatic rings. The van der Waals surface area contributed by atoms with Crippen molar-refractivity contribution in [3.05, 3.63) is 47.1 Å². The Labute approximate surface area is 118 Å². The Morgan fingerprint density at radius 1 is 1.33 bits per heavy atom. The fourth-order valence-electron chi connectivity index (χ4n) is 1.64. The number of rotatable bonds is 3. The van der Waals surface area contributed by atoms with Gasteiger partial charge in [0.1, 0.15) is 11.5 Å². The van der Waals surface area contributed by atoms with Crippen molar-refractivity contribution in [3.8, 4) is 0 Å². The van der Waals surface area contributed by atoms with Gasteiger partial charge in [-0.05, 0) is 19.1 Å². The first-order valence-electron chi connectivity index (χ1n) is 5.96. The molecule has 21 heavy (non-hydrogen) atoms. The van der Waals surface area contributed by atoms with Crippen LogP contribution in [-0.2, 0) is 6.54 Å². The molecule has 0 fully saturated rings. The molecule has 1 aromatic carbocycles. The van der Waals surface area contributed by atoms with Crippen molar-refractivity contribution < 1.29 is 22.5 Å². The zero-order valence-corrected chi connectivity index (χ0v) is 11.3. The highest BCUT2D eigenvalue weighted by Gasteiger charge is 2.17. The SMILES string of the molecule is Cc1cc(CN(C)C(=O)Nc2ccc(F)c(F)c2F)no1. The number of benzene rings is 1. The maximum atomic E-state index is 13.4. The van der Waals surface area contributed by atoms with Crippen LogP contribution in [0.2, 0.25) is 0 Å². The van der Waals surface area contributed by atoms with Crippen LogP contribution >= 0.6 is 0 Å². The second-order valence-corrected chi connectivity index (χ2v) is 4.44. The average molecular weight is 299 g/mol. The monoisotopic (exact) mass is 299 g/mol. The van der Waals surface area contributed by atoms with Crippen molar-refractivity contribution in [3.63, 3.8) is 0 Å². The van der Waals surface area contributed by atoms with Crippen molar-refractivity contribution in [1.29, 1.82) is 0 Å². The minimum absolute atomic E-state index is 0.120. The van der Waals surface area contributed by atoms with Gasteiger partial charge in [-0.15, -0.1) is 0 Å². The lowest BCUT2D eigenvalue weighted by Crippen LogP contribution is -2.31. The lowest BCUT2D eigenvalue weighted by Gasteiger charge is -2.16. The first-order valence-corrected chi connectivity index (χ1v) is 5.96. The van der Waals surface area contributed by atoms with E-state index in [0.717, 1.165) is 12.1 Å². The predicted molar refractivity (Wildman–Crippen MR) is 68.0 cm³/mol. The molecule has 0 unspecified atom stereocenters. The molecule has 0 saturated carbocycles. The standard InChI is InChI=1S/C13H12F3N3O2/c1-7-5-8(18-21-7)6-19(2)13(20)17-10-4-3-9(14)11(15)12(10)16/h3-5H,6H2,1-2H3,(H,17,20). The molecule has 0 aliphatic carbocycles. The van der Waals surface area contributed by atoms with Crippen LogP contribution in [0.3, 0.4) is 0 Å². The van der Waals surface area contributed by atoms with Crippen molar-refractivity contribution in [2.24, 2.45) is 0 Å². The Hall–Kier alpha value is -2.51. The summed E-state index contributed by atoms with van der Waals surface area (Å²) in [5.74, 6) is -3.82. The molecule has 0 atom stereocenters. The molecular formula is C13H12F3N3O2. The summed E-state index contributed by atoms with van der Waals surface area (Å²) in [4.78, 5) is 13.0. The molecule has 112 valence electrons. The van der Waals surface area contributed by atoms with Crippen LogP contribution in [-0.4, -0.2) is 23.1 Å². The number of aromatic nitrogens is 1. The van der Waals surface area contributed by atoms with Crippen LogP contribution in [0.4, 0.5) is 23.7 Å². The minimum atomic E-state index is -1.64. The van der Waals surface area contributed by atoms with Gasteiger partial charge in [0.2, 0.25) is 0 Å². The Kier molecular flexibility index (Phi) is 4.15. The second kappa shape index (κ2) is 5.86. The van der Waals surface area contributed by atoms with E-state index in [1.54, 1.807) is 13.0 Å². The molecule has 1 heterocycles. The Bertz CT molecular complexity index is 673. The number of aryl methyl sites for hydroxylation is 1. The summed E-state index contributed by atoms with van der Waals surface area (Å²) in [5.41, 5.74) is 0.0676. The molecule has 0 radical (unpaired) electrons. The number of hydrogen-bond acceptors (Lipinski definition) is 3. The number of halogens is 3. The molecular weight excluding hydrogens is 287 g/mol. The summed E-state index contributed by atoms with van der Waals surface area (Å²) in [6.07, 6.45) is 0. The highest BCUT2D eigenvalue weighted by atomic mass is 19.2. The van der Waals surface area contributed by atoms with Gasteiger partial charge in [-0.2, -0.15) is 0 Å². The van der Waals surface area contributed by atoms with E-state index in [4.69, 9.17) is 4.52 Å². The molecule has 2 rings (SSSR count). The normalized spacial score (nSPS) is 10.5. The van der Waals surface area contributed by atoms with E-state index in [-0.39, 0.29) is 6.54 Å². The van der Waals surface area contributed by atoms with Crippen molar-refractivity contribution in [2.45, 2.75) is 13.5 Å². The zero-order chi connectivity index (χ0) is 15.6. The topological polar surface area (TPSA) is 58.4 Å². The van der Waals surface area contributed by atoms with Gasteiger partial charge in [0.25, 0.3) is 0 Å². The van der Waals surface area contributed by atoms with Crippen LogP contribution in [0.15, 0.2) is 22.7 Å². The molecule has 0 aliphatic heterocycles. The number of nitrogens with zero attached hydrogens (tertiary/aromatic N) is 2. The number of hydrogen-bond donors (Lipinski definition) is 1. The van der Waals surface area contributed by atoms with Crippen LogP contribution in [0.5, 0.6) is 0 Å². The largest absolute Gasteiger partial charge is 0.361 e. The average Bonchev–Trinajstić information content (AvgIpc) is 2.84. The van der Waals surface area contributed by atoms with E-state index in [0.29, 0.717) is 11.5 Å². The molecule has 0 saturated heterocycles. The van der Waals surface area contributed by atoms with Gasteiger partial charge in [-0.25, -0.2) is 18.0 Å². The lowest BCUT2D eigenvalue weighted by atomic mass is 10.3. The summed E-state index contributed by atoms with van der Waals surface area (Å²) >= 11 is 0. The van der Waals surface area contributed by atoms with Gasteiger partial charge >= 0.3 is 6.03 Å². The van der Waals surface area contributed by atoms with E-state index in [1.807, 2.05) is 0 Å². The molecule has 5 nitrogen and oxygen atoms in total. The molecule has 2 aromatic rings. The zero-order valence-electron chi connectivity index (χ0n) is 11.3. The molecule has 2 amide bonds. The quantitative estimate of drug-likeness (QED) is 0.886.